The topological polar surface area (TPSA) is 55.4 Å². The number of ether oxygens (including phenoxy) is 1. The van der Waals surface area contributed by atoms with E-state index in [1.807, 2.05) is 30.3 Å². The van der Waals surface area contributed by atoms with E-state index in [9.17, 15) is 14.0 Å². The van der Waals surface area contributed by atoms with E-state index in [0.29, 0.717) is 5.69 Å². The number of hydrogen-bond donors (Lipinski definition) is 1. The second kappa shape index (κ2) is 7.89. The molecule has 0 aliphatic carbocycles. The van der Waals surface area contributed by atoms with E-state index in [2.05, 4.69) is 5.32 Å². The Morgan fingerprint density at radius 1 is 1.09 bits per heavy atom. The molecule has 23 heavy (non-hydrogen) atoms. The van der Waals surface area contributed by atoms with Crippen LogP contribution in [0, 0.1) is 5.82 Å². The first-order valence-corrected chi connectivity index (χ1v) is 7.05. The SMILES string of the molecule is C[C@H](OC(=O)/C=C/c1ccccc1)C(=O)Nc1ccc(F)cc1. The van der Waals surface area contributed by atoms with Gasteiger partial charge >= 0.3 is 5.97 Å². The van der Waals surface area contributed by atoms with Gasteiger partial charge in [0.15, 0.2) is 6.10 Å². The summed E-state index contributed by atoms with van der Waals surface area (Å²) < 4.78 is 17.8. The van der Waals surface area contributed by atoms with Gasteiger partial charge in [0, 0.05) is 11.8 Å². The van der Waals surface area contributed by atoms with Gasteiger partial charge in [-0.2, -0.15) is 0 Å². The summed E-state index contributed by atoms with van der Waals surface area (Å²) in [7, 11) is 0. The number of nitrogens with one attached hydrogen (secondary N) is 1. The lowest BCUT2D eigenvalue weighted by Crippen LogP contribution is -2.29. The van der Waals surface area contributed by atoms with E-state index in [4.69, 9.17) is 4.74 Å². The maximum Gasteiger partial charge on any atom is 0.331 e. The Labute approximate surface area is 133 Å². The van der Waals surface area contributed by atoms with Gasteiger partial charge in [-0.1, -0.05) is 30.3 Å². The van der Waals surface area contributed by atoms with Crippen LogP contribution in [-0.2, 0) is 14.3 Å². The van der Waals surface area contributed by atoms with Crippen LogP contribution in [0.3, 0.4) is 0 Å². The van der Waals surface area contributed by atoms with Crippen LogP contribution < -0.4 is 5.32 Å². The highest BCUT2D eigenvalue weighted by atomic mass is 19.1. The Balaban J connectivity index is 1.86. The van der Waals surface area contributed by atoms with Gasteiger partial charge in [0.05, 0.1) is 0 Å². The van der Waals surface area contributed by atoms with E-state index in [1.54, 1.807) is 6.08 Å². The molecule has 4 nitrogen and oxygen atoms in total. The first-order chi connectivity index (χ1) is 11.0. The molecule has 0 aromatic heterocycles. The highest BCUT2D eigenvalue weighted by molar-refractivity contribution is 5.96. The second-order valence-corrected chi connectivity index (χ2v) is 4.82. The third-order valence-electron chi connectivity index (χ3n) is 2.99. The summed E-state index contributed by atoms with van der Waals surface area (Å²) in [5, 5.41) is 2.54. The third kappa shape index (κ3) is 5.39. The molecule has 5 heteroatoms. The van der Waals surface area contributed by atoms with Gasteiger partial charge in [-0.05, 0) is 42.8 Å². The van der Waals surface area contributed by atoms with Crippen molar-refractivity contribution in [1.82, 2.24) is 0 Å². The van der Waals surface area contributed by atoms with Gasteiger partial charge in [-0.15, -0.1) is 0 Å². The van der Waals surface area contributed by atoms with Crippen molar-refractivity contribution in [2.75, 3.05) is 5.32 Å². The predicted molar refractivity (Wildman–Crippen MR) is 86.1 cm³/mol. The number of rotatable bonds is 5. The van der Waals surface area contributed by atoms with Crippen LogP contribution in [0.4, 0.5) is 10.1 Å². The largest absolute Gasteiger partial charge is 0.449 e. The Morgan fingerprint density at radius 3 is 2.39 bits per heavy atom. The van der Waals surface area contributed by atoms with Gasteiger partial charge in [-0.25, -0.2) is 9.18 Å². The molecule has 0 aliphatic heterocycles. The summed E-state index contributed by atoms with van der Waals surface area (Å²) in [6.07, 6.45) is 1.90. The number of hydrogen-bond acceptors (Lipinski definition) is 3. The Kier molecular flexibility index (Phi) is 5.63. The lowest BCUT2D eigenvalue weighted by Gasteiger charge is -2.12. The molecular formula is C18H16FNO3. The second-order valence-electron chi connectivity index (χ2n) is 4.82. The van der Waals surface area contributed by atoms with Gasteiger partial charge < -0.3 is 10.1 Å². The minimum atomic E-state index is -0.965. The molecule has 0 unspecified atom stereocenters. The van der Waals surface area contributed by atoms with E-state index < -0.39 is 23.8 Å². The van der Waals surface area contributed by atoms with Gasteiger partial charge in [-0.3, -0.25) is 4.79 Å². The number of benzene rings is 2. The summed E-state index contributed by atoms with van der Waals surface area (Å²) in [5.74, 6) is -1.50. The number of esters is 1. The maximum atomic E-state index is 12.8. The summed E-state index contributed by atoms with van der Waals surface area (Å²) in [5.41, 5.74) is 1.28. The fraction of sp³-hybridized carbons (Fsp3) is 0.111. The zero-order chi connectivity index (χ0) is 16.7. The van der Waals surface area contributed by atoms with Crippen molar-refractivity contribution >= 4 is 23.6 Å². The lowest BCUT2D eigenvalue weighted by molar-refractivity contribution is -0.148. The molecule has 1 amide bonds. The number of amides is 1. The molecule has 0 aliphatic rings. The molecule has 0 fully saturated rings. The molecule has 1 N–H and O–H groups in total. The van der Waals surface area contributed by atoms with Crippen LogP contribution in [0.15, 0.2) is 60.7 Å². The number of carbonyl (C=O) groups excluding carboxylic acids is 2. The zero-order valence-corrected chi connectivity index (χ0v) is 12.5. The molecule has 0 spiro atoms. The predicted octanol–water partition coefficient (Wildman–Crippen LogP) is 3.41. The number of carbonyl (C=O) groups is 2. The fourth-order valence-electron chi connectivity index (χ4n) is 1.77. The van der Waals surface area contributed by atoms with Crippen molar-refractivity contribution < 1.29 is 18.7 Å². The molecule has 1 atom stereocenters. The standard InChI is InChI=1S/C18H16FNO3/c1-13(18(22)20-16-10-8-15(19)9-11-16)23-17(21)12-7-14-5-3-2-4-6-14/h2-13H,1H3,(H,20,22)/b12-7+/t13-/m0/s1. The Bertz CT molecular complexity index is 696. The number of halogens is 1. The van der Waals surface area contributed by atoms with Crippen LogP contribution in [0.25, 0.3) is 6.08 Å². The van der Waals surface area contributed by atoms with E-state index in [1.165, 1.54) is 37.3 Å². The monoisotopic (exact) mass is 313 g/mol. The average molecular weight is 313 g/mol. The van der Waals surface area contributed by atoms with Crippen molar-refractivity contribution in [1.29, 1.82) is 0 Å². The van der Waals surface area contributed by atoms with Gasteiger partial charge in [0.2, 0.25) is 0 Å². The summed E-state index contributed by atoms with van der Waals surface area (Å²) >= 11 is 0. The number of anilines is 1. The van der Waals surface area contributed by atoms with Crippen molar-refractivity contribution in [3.05, 3.63) is 72.1 Å². The quantitative estimate of drug-likeness (QED) is 0.680. The van der Waals surface area contributed by atoms with Crippen LogP contribution in [0.2, 0.25) is 0 Å². The van der Waals surface area contributed by atoms with Crippen molar-refractivity contribution in [3.63, 3.8) is 0 Å². The highest BCUT2D eigenvalue weighted by Gasteiger charge is 2.16. The van der Waals surface area contributed by atoms with E-state index >= 15 is 0 Å². The smallest absolute Gasteiger partial charge is 0.331 e. The minimum absolute atomic E-state index is 0.395. The van der Waals surface area contributed by atoms with Crippen molar-refractivity contribution in [2.24, 2.45) is 0 Å². The molecule has 0 saturated heterocycles. The first-order valence-electron chi connectivity index (χ1n) is 7.05. The summed E-state index contributed by atoms with van der Waals surface area (Å²) in [6, 6.07) is 14.6. The molecule has 2 aromatic carbocycles. The van der Waals surface area contributed by atoms with Crippen molar-refractivity contribution in [2.45, 2.75) is 13.0 Å². The molecule has 0 heterocycles. The molecule has 0 bridgehead atoms. The molecular weight excluding hydrogens is 297 g/mol. The van der Waals surface area contributed by atoms with Crippen LogP contribution in [0.5, 0.6) is 0 Å². The van der Waals surface area contributed by atoms with E-state index in [0.717, 1.165) is 5.56 Å². The van der Waals surface area contributed by atoms with Crippen LogP contribution in [-0.4, -0.2) is 18.0 Å². The van der Waals surface area contributed by atoms with Crippen LogP contribution in [0.1, 0.15) is 12.5 Å². The molecule has 2 aromatic rings. The fourth-order valence-corrected chi connectivity index (χ4v) is 1.77. The zero-order valence-electron chi connectivity index (χ0n) is 12.5. The van der Waals surface area contributed by atoms with Crippen molar-refractivity contribution in [3.8, 4) is 0 Å². The highest BCUT2D eigenvalue weighted by Crippen LogP contribution is 2.09. The maximum absolute atomic E-state index is 12.8. The van der Waals surface area contributed by atoms with Gasteiger partial charge in [0.25, 0.3) is 5.91 Å². The first kappa shape index (κ1) is 16.4. The average Bonchev–Trinajstić information content (AvgIpc) is 2.56. The third-order valence-corrected chi connectivity index (χ3v) is 2.99. The Morgan fingerprint density at radius 2 is 1.74 bits per heavy atom. The molecule has 118 valence electrons. The normalized spacial score (nSPS) is 11.9. The van der Waals surface area contributed by atoms with Gasteiger partial charge in [0.1, 0.15) is 5.82 Å². The summed E-state index contributed by atoms with van der Waals surface area (Å²) in [6.45, 7) is 1.47. The molecule has 0 radical (unpaired) electrons. The molecule has 2 rings (SSSR count). The lowest BCUT2D eigenvalue weighted by atomic mass is 10.2. The van der Waals surface area contributed by atoms with Crippen LogP contribution >= 0.6 is 0 Å². The molecule has 0 saturated carbocycles. The van der Waals surface area contributed by atoms with E-state index in [-0.39, 0.29) is 0 Å². The minimum Gasteiger partial charge on any atom is -0.449 e. The Hall–Kier alpha value is -2.95. The summed E-state index contributed by atoms with van der Waals surface area (Å²) in [4.78, 5) is 23.6.